The summed E-state index contributed by atoms with van der Waals surface area (Å²) in [6.45, 7) is 4.15. The Balaban J connectivity index is 1.72. The molecule has 0 fully saturated rings. The lowest BCUT2D eigenvalue weighted by Crippen LogP contribution is -1.94. The average molecular weight is 302 g/mol. The number of aryl methyl sites for hydroxylation is 2. The van der Waals surface area contributed by atoms with Gasteiger partial charge in [0.05, 0.1) is 4.21 Å². The van der Waals surface area contributed by atoms with Gasteiger partial charge >= 0.3 is 0 Å². The predicted octanol–water partition coefficient (Wildman–Crippen LogP) is 4.38. The van der Waals surface area contributed by atoms with Crippen LogP contribution in [0.25, 0.3) is 0 Å². The van der Waals surface area contributed by atoms with Crippen molar-refractivity contribution in [2.75, 3.05) is 5.32 Å². The summed E-state index contributed by atoms with van der Waals surface area (Å²) in [5, 5.41) is 11.1. The number of aromatic amines is 1. The molecule has 0 radical (unpaired) electrons. The molecule has 0 aliphatic heterocycles. The molecule has 3 rings (SSSR count). The van der Waals surface area contributed by atoms with E-state index in [0.717, 1.165) is 10.8 Å². The Morgan fingerprint density at radius 1 is 1.15 bits per heavy atom. The van der Waals surface area contributed by atoms with E-state index in [9.17, 15) is 0 Å². The van der Waals surface area contributed by atoms with Gasteiger partial charge in [-0.25, -0.2) is 5.10 Å². The van der Waals surface area contributed by atoms with Crippen molar-refractivity contribution in [3.63, 3.8) is 0 Å². The molecule has 0 bridgehead atoms. The Hall–Kier alpha value is -1.79. The molecular weight excluding hydrogens is 288 g/mol. The number of rotatable bonds is 4. The fourth-order valence-corrected chi connectivity index (χ4v) is 3.66. The third-order valence-electron chi connectivity index (χ3n) is 2.77. The number of hydrogen-bond acceptors (Lipinski definition) is 5. The van der Waals surface area contributed by atoms with Gasteiger partial charge in [0, 0.05) is 10.6 Å². The van der Waals surface area contributed by atoms with E-state index in [2.05, 4.69) is 52.5 Å². The van der Waals surface area contributed by atoms with Crippen LogP contribution in [0.15, 0.2) is 45.8 Å². The van der Waals surface area contributed by atoms with Crippen molar-refractivity contribution in [3.05, 3.63) is 46.8 Å². The highest BCUT2D eigenvalue weighted by atomic mass is 32.2. The van der Waals surface area contributed by atoms with Gasteiger partial charge in [0.2, 0.25) is 11.1 Å². The standard InChI is InChI=1S/C14H14N4S2/c1-9-5-3-4-6-11(9)15-13-16-14(18-17-13)20-12-8-7-10(2)19-12/h3-8H,1-2H3,(H2,15,16,17,18). The number of H-pyrrole nitrogens is 1. The van der Waals surface area contributed by atoms with Crippen LogP contribution in [0.4, 0.5) is 11.6 Å². The molecular formula is C14H14N4S2. The summed E-state index contributed by atoms with van der Waals surface area (Å²) >= 11 is 3.32. The van der Waals surface area contributed by atoms with E-state index in [1.165, 1.54) is 14.6 Å². The van der Waals surface area contributed by atoms with Gasteiger partial charge in [-0.1, -0.05) is 18.2 Å². The van der Waals surface area contributed by atoms with Gasteiger partial charge in [-0.05, 0) is 49.4 Å². The fraction of sp³-hybridized carbons (Fsp3) is 0.143. The molecule has 0 aliphatic rings. The van der Waals surface area contributed by atoms with E-state index in [-0.39, 0.29) is 0 Å². The molecule has 0 atom stereocenters. The zero-order chi connectivity index (χ0) is 13.9. The van der Waals surface area contributed by atoms with E-state index in [1.54, 1.807) is 23.1 Å². The third-order valence-corrected chi connectivity index (χ3v) is 4.77. The van der Waals surface area contributed by atoms with E-state index < -0.39 is 0 Å². The molecule has 0 unspecified atom stereocenters. The second kappa shape index (κ2) is 5.68. The number of benzene rings is 1. The van der Waals surface area contributed by atoms with E-state index in [1.807, 2.05) is 18.2 Å². The lowest BCUT2D eigenvalue weighted by Gasteiger charge is -2.04. The SMILES string of the molecule is Cc1ccc(Sc2n[nH]c(Nc3ccccc3C)n2)s1. The summed E-state index contributed by atoms with van der Waals surface area (Å²) in [6.07, 6.45) is 0. The number of nitrogens with one attached hydrogen (secondary N) is 2. The van der Waals surface area contributed by atoms with Crippen LogP contribution in [-0.4, -0.2) is 15.2 Å². The first-order chi connectivity index (χ1) is 9.70. The first kappa shape index (κ1) is 13.2. The number of hydrogen-bond donors (Lipinski definition) is 2. The minimum atomic E-state index is 0.662. The Labute approximate surface area is 125 Å². The van der Waals surface area contributed by atoms with E-state index in [4.69, 9.17) is 0 Å². The Morgan fingerprint density at radius 2 is 2.00 bits per heavy atom. The number of thiophene rings is 1. The van der Waals surface area contributed by atoms with Gasteiger partial charge in [0.1, 0.15) is 0 Å². The quantitative estimate of drug-likeness (QED) is 0.751. The van der Waals surface area contributed by atoms with Gasteiger partial charge in [-0.2, -0.15) is 4.98 Å². The zero-order valence-electron chi connectivity index (χ0n) is 11.2. The summed E-state index contributed by atoms with van der Waals surface area (Å²) in [4.78, 5) is 5.74. The zero-order valence-corrected chi connectivity index (χ0v) is 12.8. The number of para-hydroxylation sites is 1. The molecule has 2 N–H and O–H groups in total. The van der Waals surface area contributed by atoms with Crippen LogP contribution in [0, 0.1) is 13.8 Å². The summed E-state index contributed by atoms with van der Waals surface area (Å²) in [5.41, 5.74) is 2.21. The lowest BCUT2D eigenvalue weighted by atomic mass is 10.2. The van der Waals surface area contributed by atoms with E-state index in [0.29, 0.717) is 5.95 Å². The van der Waals surface area contributed by atoms with Crippen LogP contribution in [0.3, 0.4) is 0 Å². The van der Waals surface area contributed by atoms with Gasteiger partial charge in [0.25, 0.3) is 0 Å². The molecule has 20 heavy (non-hydrogen) atoms. The van der Waals surface area contributed by atoms with Crippen molar-refractivity contribution in [3.8, 4) is 0 Å². The highest BCUT2D eigenvalue weighted by Gasteiger charge is 2.07. The average Bonchev–Trinajstić information content (AvgIpc) is 3.02. The summed E-state index contributed by atoms with van der Waals surface area (Å²) < 4.78 is 1.20. The molecule has 3 aromatic rings. The molecule has 2 aromatic heterocycles. The second-order valence-electron chi connectivity index (χ2n) is 4.37. The Kier molecular flexibility index (Phi) is 3.75. The minimum Gasteiger partial charge on any atom is -0.324 e. The third kappa shape index (κ3) is 3.02. The van der Waals surface area contributed by atoms with Gasteiger partial charge in [-0.3, -0.25) is 0 Å². The molecule has 4 nitrogen and oxygen atoms in total. The molecule has 0 spiro atoms. The van der Waals surface area contributed by atoms with Crippen molar-refractivity contribution in [1.29, 1.82) is 0 Å². The molecule has 0 amide bonds. The largest absolute Gasteiger partial charge is 0.324 e. The van der Waals surface area contributed by atoms with Crippen molar-refractivity contribution < 1.29 is 0 Å². The summed E-state index contributed by atoms with van der Waals surface area (Å²) in [7, 11) is 0. The van der Waals surface area contributed by atoms with Gasteiger partial charge in [0.15, 0.2) is 0 Å². The maximum absolute atomic E-state index is 4.44. The lowest BCUT2D eigenvalue weighted by molar-refractivity contribution is 0.975. The molecule has 1 aromatic carbocycles. The first-order valence-electron chi connectivity index (χ1n) is 6.20. The topological polar surface area (TPSA) is 53.6 Å². The molecule has 102 valence electrons. The maximum Gasteiger partial charge on any atom is 0.224 e. The summed E-state index contributed by atoms with van der Waals surface area (Å²) in [6, 6.07) is 12.3. The van der Waals surface area contributed by atoms with Gasteiger partial charge in [-0.15, -0.1) is 16.4 Å². The smallest absolute Gasteiger partial charge is 0.224 e. The second-order valence-corrected chi connectivity index (χ2v) is 6.93. The highest BCUT2D eigenvalue weighted by molar-refractivity contribution is 8.01. The number of anilines is 2. The van der Waals surface area contributed by atoms with Crippen LogP contribution in [0.2, 0.25) is 0 Å². The van der Waals surface area contributed by atoms with Crippen LogP contribution in [0.5, 0.6) is 0 Å². The van der Waals surface area contributed by atoms with Gasteiger partial charge < -0.3 is 5.32 Å². The first-order valence-corrected chi connectivity index (χ1v) is 7.83. The number of aromatic nitrogens is 3. The van der Waals surface area contributed by atoms with Crippen molar-refractivity contribution in [2.24, 2.45) is 0 Å². The molecule has 0 saturated heterocycles. The fourth-order valence-electron chi connectivity index (χ4n) is 1.75. The summed E-state index contributed by atoms with van der Waals surface area (Å²) in [5.74, 6) is 0.662. The highest BCUT2D eigenvalue weighted by Crippen LogP contribution is 2.31. The molecule has 2 heterocycles. The minimum absolute atomic E-state index is 0.662. The van der Waals surface area contributed by atoms with E-state index >= 15 is 0 Å². The maximum atomic E-state index is 4.44. The normalized spacial score (nSPS) is 10.7. The number of nitrogens with zero attached hydrogens (tertiary/aromatic N) is 2. The van der Waals surface area contributed by atoms with Crippen molar-refractivity contribution in [2.45, 2.75) is 23.2 Å². The molecule has 6 heteroatoms. The Bertz CT molecular complexity index is 717. The van der Waals surface area contributed by atoms with Crippen molar-refractivity contribution >= 4 is 34.7 Å². The van der Waals surface area contributed by atoms with Crippen LogP contribution in [-0.2, 0) is 0 Å². The molecule has 0 aliphatic carbocycles. The predicted molar refractivity (Wildman–Crippen MR) is 84.0 cm³/mol. The van der Waals surface area contributed by atoms with Crippen LogP contribution >= 0.6 is 23.1 Å². The van der Waals surface area contributed by atoms with Crippen LogP contribution < -0.4 is 5.32 Å². The van der Waals surface area contributed by atoms with Crippen molar-refractivity contribution in [1.82, 2.24) is 15.2 Å². The molecule has 0 saturated carbocycles. The monoisotopic (exact) mass is 302 g/mol. The Morgan fingerprint density at radius 3 is 2.75 bits per heavy atom. The van der Waals surface area contributed by atoms with Crippen LogP contribution in [0.1, 0.15) is 10.4 Å².